The summed E-state index contributed by atoms with van der Waals surface area (Å²) in [5.74, 6) is 0. The van der Waals surface area contributed by atoms with Crippen molar-refractivity contribution in [2.75, 3.05) is 6.54 Å². The minimum Gasteiger partial charge on any atom is -0.258 e. The van der Waals surface area contributed by atoms with Gasteiger partial charge in [-0.15, -0.1) is 0 Å². The lowest BCUT2D eigenvalue weighted by Gasteiger charge is -2.19. The Morgan fingerprint density at radius 1 is 1.43 bits per heavy atom. The largest absolute Gasteiger partial charge is 0.273 e. The summed E-state index contributed by atoms with van der Waals surface area (Å²) in [4.78, 5) is 10.3. The van der Waals surface area contributed by atoms with E-state index in [9.17, 15) is 18.5 Å². The Kier molecular flexibility index (Phi) is 3.98. The second-order valence-corrected chi connectivity index (χ2v) is 6.93. The van der Waals surface area contributed by atoms with E-state index in [-0.39, 0.29) is 17.1 Å². The summed E-state index contributed by atoms with van der Waals surface area (Å²) in [5, 5.41) is 20.1. The van der Waals surface area contributed by atoms with Gasteiger partial charge in [0.25, 0.3) is 5.69 Å². The van der Waals surface area contributed by atoms with Crippen molar-refractivity contribution in [1.82, 2.24) is 4.31 Å². The van der Waals surface area contributed by atoms with Gasteiger partial charge in [-0.2, -0.15) is 9.57 Å². The van der Waals surface area contributed by atoms with Crippen molar-refractivity contribution in [2.24, 2.45) is 0 Å². The summed E-state index contributed by atoms with van der Waals surface area (Å²) in [6, 6.07) is 3.76. The molecule has 1 aromatic rings. The Morgan fingerprint density at radius 2 is 2.10 bits per heavy atom. The van der Waals surface area contributed by atoms with Gasteiger partial charge in [0.15, 0.2) is 0 Å². The minimum atomic E-state index is -3.89. The van der Waals surface area contributed by atoms with E-state index in [1.54, 1.807) is 13.8 Å². The molecule has 0 amide bonds. The van der Waals surface area contributed by atoms with Crippen LogP contribution in [0, 0.1) is 35.3 Å². The van der Waals surface area contributed by atoms with Gasteiger partial charge in [0, 0.05) is 18.2 Å². The van der Waals surface area contributed by atoms with E-state index in [0.29, 0.717) is 24.0 Å². The van der Waals surface area contributed by atoms with Crippen LogP contribution in [0.4, 0.5) is 5.69 Å². The highest BCUT2D eigenvalue weighted by atomic mass is 32.2. The average Bonchev–Trinajstić information content (AvgIpc) is 2.90. The van der Waals surface area contributed by atoms with Crippen molar-refractivity contribution >= 4 is 15.7 Å². The number of rotatable bonds is 3. The molecule has 2 rings (SSSR count). The third-order valence-corrected chi connectivity index (χ3v) is 5.66. The molecule has 1 aromatic carbocycles. The molecule has 1 heterocycles. The topological polar surface area (TPSA) is 104 Å². The van der Waals surface area contributed by atoms with Crippen molar-refractivity contribution in [3.63, 3.8) is 0 Å². The molecule has 1 aliphatic heterocycles. The highest BCUT2D eigenvalue weighted by Crippen LogP contribution is 2.30. The van der Waals surface area contributed by atoms with Crippen LogP contribution in [0.2, 0.25) is 0 Å². The summed E-state index contributed by atoms with van der Waals surface area (Å²) in [6.07, 6.45) is 1.10. The number of nitro benzene ring substituents is 1. The maximum atomic E-state index is 12.6. The lowest BCUT2D eigenvalue weighted by molar-refractivity contribution is -0.385. The second-order valence-electron chi connectivity index (χ2n) is 5.04. The monoisotopic (exact) mass is 309 g/mol. The van der Waals surface area contributed by atoms with Crippen LogP contribution in [-0.2, 0) is 10.0 Å². The van der Waals surface area contributed by atoms with Crippen LogP contribution in [-0.4, -0.2) is 30.2 Å². The van der Waals surface area contributed by atoms with Gasteiger partial charge in [0.05, 0.1) is 15.9 Å². The number of hydrogen-bond donors (Lipinski definition) is 0. The van der Waals surface area contributed by atoms with Gasteiger partial charge in [-0.3, -0.25) is 10.1 Å². The van der Waals surface area contributed by atoms with Crippen LogP contribution in [0.15, 0.2) is 17.0 Å². The van der Waals surface area contributed by atoms with E-state index in [0.717, 1.165) is 10.4 Å². The SMILES string of the molecule is Cc1cc(S(=O)(=O)N2CCCC2C#N)cc([N+](=O)[O-])c1C. The highest BCUT2D eigenvalue weighted by Gasteiger charge is 2.36. The molecule has 1 unspecified atom stereocenters. The molecule has 0 aliphatic carbocycles. The van der Waals surface area contributed by atoms with Gasteiger partial charge >= 0.3 is 0 Å². The second kappa shape index (κ2) is 5.42. The fraction of sp³-hybridized carbons (Fsp3) is 0.462. The summed E-state index contributed by atoms with van der Waals surface area (Å²) in [5.41, 5.74) is 0.758. The third-order valence-electron chi connectivity index (χ3n) is 3.77. The number of nitriles is 1. The number of sulfonamides is 1. The normalized spacial score (nSPS) is 19.4. The Labute approximate surface area is 123 Å². The maximum Gasteiger partial charge on any atom is 0.273 e. The lowest BCUT2D eigenvalue weighted by Crippen LogP contribution is -2.34. The Morgan fingerprint density at radius 3 is 2.67 bits per heavy atom. The van der Waals surface area contributed by atoms with E-state index in [2.05, 4.69) is 0 Å². The van der Waals surface area contributed by atoms with Crippen molar-refractivity contribution in [2.45, 2.75) is 37.6 Å². The molecule has 21 heavy (non-hydrogen) atoms. The van der Waals surface area contributed by atoms with E-state index in [1.807, 2.05) is 6.07 Å². The van der Waals surface area contributed by atoms with Crippen LogP contribution >= 0.6 is 0 Å². The molecule has 1 atom stereocenters. The molecular weight excluding hydrogens is 294 g/mol. The predicted molar refractivity (Wildman–Crippen MR) is 75.1 cm³/mol. The van der Waals surface area contributed by atoms with Gasteiger partial charge in [-0.25, -0.2) is 8.42 Å². The molecule has 1 fully saturated rings. The number of nitro groups is 1. The van der Waals surface area contributed by atoms with E-state index < -0.39 is 21.0 Å². The smallest absolute Gasteiger partial charge is 0.258 e. The summed E-state index contributed by atoms with van der Waals surface area (Å²) >= 11 is 0. The van der Waals surface area contributed by atoms with Crippen molar-refractivity contribution in [3.8, 4) is 6.07 Å². The van der Waals surface area contributed by atoms with Crippen molar-refractivity contribution < 1.29 is 13.3 Å². The standard InChI is InChI=1S/C13H15N3O4S/c1-9-6-12(7-13(10(9)2)16(17)18)21(19,20)15-5-3-4-11(15)8-14/h6-7,11H,3-5H2,1-2H3. The van der Waals surface area contributed by atoms with Crippen LogP contribution in [0.1, 0.15) is 24.0 Å². The quantitative estimate of drug-likeness (QED) is 0.626. The molecule has 7 nitrogen and oxygen atoms in total. The number of nitrogens with zero attached hydrogens (tertiary/aromatic N) is 3. The number of hydrogen-bond acceptors (Lipinski definition) is 5. The molecular formula is C13H15N3O4S. The molecule has 8 heteroatoms. The van der Waals surface area contributed by atoms with Gasteiger partial charge in [0.2, 0.25) is 10.0 Å². The van der Waals surface area contributed by atoms with E-state index >= 15 is 0 Å². The third kappa shape index (κ3) is 2.62. The zero-order valence-electron chi connectivity index (χ0n) is 11.7. The van der Waals surface area contributed by atoms with Crippen LogP contribution in [0.25, 0.3) is 0 Å². The Hall–Kier alpha value is -1.98. The summed E-state index contributed by atoms with van der Waals surface area (Å²) in [6.45, 7) is 3.48. The first-order valence-corrected chi connectivity index (χ1v) is 7.90. The Bertz CT molecular complexity index is 737. The van der Waals surface area contributed by atoms with Crippen molar-refractivity contribution in [3.05, 3.63) is 33.4 Å². The fourth-order valence-corrected chi connectivity index (χ4v) is 4.15. The van der Waals surface area contributed by atoms with Gasteiger partial charge < -0.3 is 0 Å². The maximum absolute atomic E-state index is 12.6. The molecule has 0 saturated carbocycles. The zero-order chi connectivity index (χ0) is 15.8. The molecule has 0 spiro atoms. The fourth-order valence-electron chi connectivity index (χ4n) is 2.44. The molecule has 1 saturated heterocycles. The minimum absolute atomic E-state index is 0.126. The number of benzene rings is 1. The molecule has 0 aromatic heterocycles. The van der Waals surface area contributed by atoms with Gasteiger partial charge in [-0.1, -0.05) is 0 Å². The Balaban J connectivity index is 2.56. The summed E-state index contributed by atoms with van der Waals surface area (Å²) in [7, 11) is -3.89. The zero-order valence-corrected chi connectivity index (χ0v) is 12.6. The van der Waals surface area contributed by atoms with Crippen molar-refractivity contribution in [1.29, 1.82) is 5.26 Å². The van der Waals surface area contributed by atoms with Crippen LogP contribution in [0.3, 0.4) is 0 Å². The molecule has 0 bridgehead atoms. The average molecular weight is 309 g/mol. The first-order valence-electron chi connectivity index (χ1n) is 6.46. The predicted octanol–water partition coefficient (Wildman–Crippen LogP) is 1.89. The lowest BCUT2D eigenvalue weighted by atomic mass is 10.1. The van der Waals surface area contributed by atoms with Gasteiger partial charge in [0.1, 0.15) is 6.04 Å². The first kappa shape index (κ1) is 15.4. The van der Waals surface area contributed by atoms with Crippen LogP contribution < -0.4 is 0 Å². The first-order chi connectivity index (χ1) is 9.78. The molecule has 1 aliphatic rings. The van der Waals surface area contributed by atoms with Crippen LogP contribution in [0.5, 0.6) is 0 Å². The molecule has 112 valence electrons. The summed E-state index contributed by atoms with van der Waals surface area (Å²) < 4.78 is 26.3. The van der Waals surface area contributed by atoms with E-state index in [1.165, 1.54) is 6.07 Å². The number of aryl methyl sites for hydroxylation is 1. The molecule has 0 radical (unpaired) electrons. The van der Waals surface area contributed by atoms with E-state index in [4.69, 9.17) is 5.26 Å². The molecule has 0 N–H and O–H groups in total. The van der Waals surface area contributed by atoms with Gasteiger partial charge in [-0.05, 0) is 38.3 Å². The highest BCUT2D eigenvalue weighted by molar-refractivity contribution is 7.89.